The first-order chi connectivity index (χ1) is 16.3. The Morgan fingerprint density at radius 3 is 2.53 bits per heavy atom. The van der Waals surface area contributed by atoms with Crippen molar-refractivity contribution in [1.29, 1.82) is 0 Å². The quantitative estimate of drug-likeness (QED) is 0.275. The van der Waals surface area contributed by atoms with Gasteiger partial charge >= 0.3 is 0 Å². The molecule has 0 spiro atoms. The van der Waals surface area contributed by atoms with Gasteiger partial charge in [-0.1, -0.05) is 55.2 Å². The molecular formula is C27H28Cl2N2O3. The fourth-order valence-electron chi connectivity index (χ4n) is 4.01. The molecule has 4 aromatic rings. The Labute approximate surface area is 209 Å². The number of hydrogen-bond acceptors (Lipinski definition) is 4. The van der Waals surface area contributed by atoms with Gasteiger partial charge in [0.1, 0.15) is 36.6 Å². The van der Waals surface area contributed by atoms with Crippen LogP contribution in [0.15, 0.2) is 60.7 Å². The van der Waals surface area contributed by atoms with Crippen molar-refractivity contribution >= 4 is 34.2 Å². The molecule has 1 unspecified atom stereocenters. The molecule has 1 atom stereocenters. The van der Waals surface area contributed by atoms with Crippen LogP contribution in [0.25, 0.3) is 11.0 Å². The molecule has 5 nitrogen and oxygen atoms in total. The second-order valence-corrected chi connectivity index (χ2v) is 9.47. The van der Waals surface area contributed by atoms with E-state index in [9.17, 15) is 5.11 Å². The number of para-hydroxylation sites is 2. The Morgan fingerprint density at radius 1 is 1.00 bits per heavy atom. The van der Waals surface area contributed by atoms with Gasteiger partial charge in [0.2, 0.25) is 0 Å². The van der Waals surface area contributed by atoms with E-state index in [1.807, 2.05) is 34.9 Å². The van der Waals surface area contributed by atoms with Crippen LogP contribution in [0, 0.1) is 6.92 Å². The van der Waals surface area contributed by atoms with Gasteiger partial charge in [-0.05, 0) is 66.4 Å². The summed E-state index contributed by atoms with van der Waals surface area (Å²) in [6.07, 6.45) is -0.782. The zero-order valence-electron chi connectivity index (χ0n) is 19.5. The summed E-state index contributed by atoms with van der Waals surface area (Å²) in [4.78, 5) is 4.74. The molecule has 0 fully saturated rings. The van der Waals surface area contributed by atoms with E-state index < -0.39 is 6.10 Å². The molecule has 1 heterocycles. The second kappa shape index (κ2) is 10.7. The highest BCUT2D eigenvalue weighted by Gasteiger charge is 2.16. The highest BCUT2D eigenvalue weighted by atomic mass is 35.5. The van der Waals surface area contributed by atoms with E-state index in [-0.39, 0.29) is 13.2 Å². The molecule has 0 saturated heterocycles. The summed E-state index contributed by atoms with van der Waals surface area (Å²) in [6.45, 7) is 7.12. The average Bonchev–Trinajstić information content (AvgIpc) is 3.14. The maximum absolute atomic E-state index is 10.7. The molecule has 1 aromatic heterocycles. The number of halogens is 2. The van der Waals surface area contributed by atoms with Gasteiger partial charge in [-0.15, -0.1) is 0 Å². The van der Waals surface area contributed by atoms with Crippen LogP contribution in [0.3, 0.4) is 0 Å². The van der Waals surface area contributed by atoms with E-state index in [4.69, 9.17) is 37.7 Å². The van der Waals surface area contributed by atoms with Crippen LogP contribution in [-0.2, 0) is 13.2 Å². The first-order valence-electron chi connectivity index (χ1n) is 11.2. The van der Waals surface area contributed by atoms with Crippen molar-refractivity contribution in [3.05, 3.63) is 87.7 Å². The number of aliphatic hydroxyl groups is 1. The summed E-state index contributed by atoms with van der Waals surface area (Å²) < 4.78 is 13.8. The Morgan fingerprint density at radius 2 is 1.79 bits per heavy atom. The van der Waals surface area contributed by atoms with Crippen molar-refractivity contribution in [2.45, 2.75) is 45.9 Å². The molecule has 0 bridgehead atoms. The van der Waals surface area contributed by atoms with Crippen LogP contribution in [0.1, 0.15) is 36.7 Å². The summed E-state index contributed by atoms with van der Waals surface area (Å²) in [5, 5.41) is 11.7. The minimum absolute atomic E-state index is 0.0734. The normalized spacial score (nSPS) is 12.3. The number of benzene rings is 3. The first-order valence-corrected chi connectivity index (χ1v) is 12.0. The third-order valence-electron chi connectivity index (χ3n) is 5.68. The third kappa shape index (κ3) is 5.66. The summed E-state index contributed by atoms with van der Waals surface area (Å²) >= 11 is 12.1. The van der Waals surface area contributed by atoms with Gasteiger partial charge in [-0.3, -0.25) is 0 Å². The number of aromatic nitrogens is 2. The van der Waals surface area contributed by atoms with Crippen molar-refractivity contribution < 1.29 is 14.6 Å². The number of ether oxygens (including phenoxy) is 2. The number of aliphatic hydroxyl groups excluding tert-OH is 1. The van der Waals surface area contributed by atoms with E-state index >= 15 is 0 Å². The van der Waals surface area contributed by atoms with Gasteiger partial charge < -0.3 is 19.1 Å². The number of imidazole rings is 1. The highest BCUT2D eigenvalue weighted by Crippen LogP contribution is 2.28. The lowest BCUT2D eigenvalue weighted by Gasteiger charge is -2.17. The van der Waals surface area contributed by atoms with E-state index in [1.54, 1.807) is 18.2 Å². The Balaban J connectivity index is 1.49. The minimum atomic E-state index is -0.782. The van der Waals surface area contributed by atoms with Gasteiger partial charge in [0.05, 0.1) is 22.6 Å². The maximum Gasteiger partial charge on any atom is 0.148 e. The van der Waals surface area contributed by atoms with Crippen LogP contribution in [0.5, 0.6) is 11.5 Å². The Kier molecular flexibility index (Phi) is 7.67. The number of hydrogen-bond donors (Lipinski definition) is 1. The lowest BCUT2D eigenvalue weighted by molar-refractivity contribution is 0.0918. The zero-order chi connectivity index (χ0) is 24.2. The topological polar surface area (TPSA) is 56.5 Å². The first kappa shape index (κ1) is 24.4. The summed E-state index contributed by atoms with van der Waals surface area (Å²) in [5.41, 5.74) is 4.29. The van der Waals surface area contributed by atoms with Crippen LogP contribution >= 0.6 is 23.2 Å². The van der Waals surface area contributed by atoms with Gasteiger partial charge in [-0.2, -0.15) is 0 Å². The predicted molar refractivity (Wildman–Crippen MR) is 137 cm³/mol. The van der Waals surface area contributed by atoms with Gasteiger partial charge in [0.15, 0.2) is 0 Å². The lowest BCUT2D eigenvalue weighted by atomic mass is 9.98. The molecular weight excluding hydrogens is 471 g/mol. The summed E-state index contributed by atoms with van der Waals surface area (Å²) in [5.74, 6) is 2.46. The van der Waals surface area contributed by atoms with Crippen LogP contribution in [0.4, 0.5) is 0 Å². The molecule has 0 aliphatic carbocycles. The van der Waals surface area contributed by atoms with Crippen LogP contribution < -0.4 is 9.47 Å². The van der Waals surface area contributed by atoms with E-state index in [0.29, 0.717) is 28.3 Å². The van der Waals surface area contributed by atoms with Crippen molar-refractivity contribution in [1.82, 2.24) is 9.55 Å². The molecule has 4 rings (SSSR count). The predicted octanol–water partition coefficient (Wildman–Crippen LogP) is 6.79. The average molecular weight is 499 g/mol. The molecule has 7 heteroatoms. The lowest BCUT2D eigenvalue weighted by Crippen LogP contribution is -2.25. The van der Waals surface area contributed by atoms with Crippen LogP contribution in [-0.4, -0.2) is 27.4 Å². The molecule has 178 valence electrons. The van der Waals surface area contributed by atoms with Gasteiger partial charge in [0.25, 0.3) is 0 Å². The van der Waals surface area contributed by atoms with Gasteiger partial charge in [0, 0.05) is 5.02 Å². The maximum atomic E-state index is 10.7. The number of fused-ring (bicyclic) bond motifs is 1. The Bertz CT molecular complexity index is 1290. The molecule has 0 aliphatic rings. The van der Waals surface area contributed by atoms with Crippen molar-refractivity contribution in [2.24, 2.45) is 0 Å². The SMILES string of the molecule is Cc1cc(OCc2nc3ccccc3n2CC(O)COc2ccc(Cl)cc2Cl)ccc1C(C)C. The zero-order valence-corrected chi connectivity index (χ0v) is 21.0. The molecule has 1 N–H and O–H groups in total. The van der Waals surface area contributed by atoms with Crippen molar-refractivity contribution in [3.8, 4) is 11.5 Å². The number of aryl methyl sites for hydroxylation is 1. The fourth-order valence-corrected chi connectivity index (χ4v) is 4.48. The Hall–Kier alpha value is -2.73. The summed E-state index contributed by atoms with van der Waals surface area (Å²) in [6, 6.07) is 19.0. The van der Waals surface area contributed by atoms with Gasteiger partial charge in [-0.25, -0.2) is 4.98 Å². The van der Waals surface area contributed by atoms with Crippen molar-refractivity contribution in [3.63, 3.8) is 0 Å². The fraction of sp³-hybridized carbons (Fsp3) is 0.296. The molecule has 34 heavy (non-hydrogen) atoms. The molecule has 0 radical (unpaired) electrons. The summed E-state index contributed by atoms with van der Waals surface area (Å²) in [7, 11) is 0. The molecule has 0 aliphatic heterocycles. The van der Waals surface area contributed by atoms with Crippen LogP contribution in [0.2, 0.25) is 10.0 Å². The number of rotatable bonds is 9. The smallest absolute Gasteiger partial charge is 0.148 e. The molecule has 0 amide bonds. The standard InChI is InChI=1S/C27H28Cl2N2O3/c1-17(2)22-10-9-21(12-18(22)3)33-16-27-30-24-6-4-5-7-25(24)31(27)14-20(32)15-34-26-11-8-19(28)13-23(26)29/h4-13,17,20,32H,14-16H2,1-3H3. The molecule has 0 saturated carbocycles. The molecule has 3 aromatic carbocycles. The van der Waals surface area contributed by atoms with Crippen molar-refractivity contribution in [2.75, 3.05) is 6.61 Å². The minimum Gasteiger partial charge on any atom is -0.489 e. The second-order valence-electron chi connectivity index (χ2n) is 8.63. The van der Waals surface area contributed by atoms with E-state index in [1.165, 1.54) is 11.1 Å². The largest absolute Gasteiger partial charge is 0.489 e. The number of nitrogens with zero attached hydrogens (tertiary/aromatic N) is 2. The van der Waals surface area contributed by atoms with E-state index in [2.05, 4.69) is 32.9 Å². The monoisotopic (exact) mass is 498 g/mol. The van der Waals surface area contributed by atoms with E-state index in [0.717, 1.165) is 22.6 Å². The highest BCUT2D eigenvalue weighted by molar-refractivity contribution is 6.35. The third-order valence-corrected chi connectivity index (χ3v) is 6.21.